The molecule has 20 heavy (non-hydrogen) atoms. The van der Waals surface area contributed by atoms with Crippen LogP contribution < -0.4 is 10.1 Å². The van der Waals surface area contributed by atoms with E-state index in [-0.39, 0.29) is 5.75 Å². The number of rotatable bonds is 6. The Morgan fingerprint density at radius 2 is 2.15 bits per heavy atom. The Morgan fingerprint density at radius 3 is 2.65 bits per heavy atom. The molecule has 0 aliphatic heterocycles. The van der Waals surface area contributed by atoms with Gasteiger partial charge < -0.3 is 9.47 Å². The lowest BCUT2D eigenvalue weighted by Gasteiger charge is -2.29. The predicted octanol–water partition coefficient (Wildman–Crippen LogP) is 2.22. The molecular weight excluding hydrogens is 261 g/mol. The van der Waals surface area contributed by atoms with Crippen LogP contribution in [-0.2, 0) is 15.1 Å². The SMILES string of the molecule is COC(=O)C(C)(NCC1CC1)c1ccc(OC)c(F)c1. The van der Waals surface area contributed by atoms with Gasteiger partial charge in [-0.2, -0.15) is 0 Å². The Hall–Kier alpha value is -1.62. The van der Waals surface area contributed by atoms with E-state index < -0.39 is 17.3 Å². The van der Waals surface area contributed by atoms with Crippen LogP contribution in [0.4, 0.5) is 4.39 Å². The van der Waals surface area contributed by atoms with Crippen LogP contribution >= 0.6 is 0 Å². The quantitative estimate of drug-likeness (QED) is 0.812. The fourth-order valence-electron chi connectivity index (χ4n) is 2.14. The lowest BCUT2D eigenvalue weighted by Crippen LogP contribution is -2.48. The first-order valence-corrected chi connectivity index (χ1v) is 6.68. The predicted molar refractivity (Wildman–Crippen MR) is 73.0 cm³/mol. The maximum absolute atomic E-state index is 13.9. The summed E-state index contributed by atoms with van der Waals surface area (Å²) in [6.45, 7) is 2.43. The molecule has 1 aliphatic rings. The van der Waals surface area contributed by atoms with Crippen molar-refractivity contribution in [1.82, 2.24) is 5.32 Å². The molecule has 1 aromatic carbocycles. The zero-order valence-electron chi connectivity index (χ0n) is 12.0. The first-order valence-electron chi connectivity index (χ1n) is 6.68. The molecule has 0 bridgehead atoms. The maximum atomic E-state index is 13.9. The summed E-state index contributed by atoms with van der Waals surface area (Å²) in [5.74, 6) is -0.165. The lowest BCUT2D eigenvalue weighted by atomic mass is 9.91. The van der Waals surface area contributed by atoms with Crippen LogP contribution in [0.25, 0.3) is 0 Å². The van der Waals surface area contributed by atoms with Gasteiger partial charge in [0.1, 0.15) is 5.54 Å². The molecule has 1 N–H and O–H groups in total. The first-order chi connectivity index (χ1) is 9.51. The van der Waals surface area contributed by atoms with Gasteiger partial charge in [0.2, 0.25) is 0 Å². The van der Waals surface area contributed by atoms with Crippen molar-refractivity contribution in [1.29, 1.82) is 0 Å². The minimum atomic E-state index is -1.05. The van der Waals surface area contributed by atoms with Crippen LogP contribution in [0.2, 0.25) is 0 Å². The van der Waals surface area contributed by atoms with Gasteiger partial charge in [0, 0.05) is 0 Å². The van der Waals surface area contributed by atoms with Crippen molar-refractivity contribution in [3.05, 3.63) is 29.6 Å². The number of esters is 1. The molecule has 1 atom stereocenters. The zero-order chi connectivity index (χ0) is 14.8. The van der Waals surface area contributed by atoms with Gasteiger partial charge in [-0.05, 0) is 49.9 Å². The molecule has 1 unspecified atom stereocenters. The highest BCUT2D eigenvalue weighted by atomic mass is 19.1. The van der Waals surface area contributed by atoms with Crippen molar-refractivity contribution in [3.63, 3.8) is 0 Å². The highest BCUT2D eigenvalue weighted by Gasteiger charge is 2.38. The van der Waals surface area contributed by atoms with Crippen molar-refractivity contribution >= 4 is 5.97 Å². The summed E-state index contributed by atoms with van der Waals surface area (Å²) in [6, 6.07) is 4.51. The molecule has 5 heteroatoms. The molecule has 1 aliphatic carbocycles. The number of hydrogen-bond donors (Lipinski definition) is 1. The van der Waals surface area contributed by atoms with E-state index in [1.165, 1.54) is 39.2 Å². The minimum absolute atomic E-state index is 0.156. The normalized spacial score (nSPS) is 17.4. The third-order valence-electron chi connectivity index (χ3n) is 3.76. The molecular formula is C15H20FNO3. The lowest BCUT2D eigenvalue weighted by molar-refractivity contribution is -0.148. The molecule has 0 spiro atoms. The Balaban J connectivity index is 2.28. The second-order valence-electron chi connectivity index (χ2n) is 5.29. The van der Waals surface area contributed by atoms with Crippen LogP contribution in [0, 0.1) is 11.7 Å². The second kappa shape index (κ2) is 5.79. The molecule has 1 fully saturated rings. The number of ether oxygens (including phenoxy) is 2. The van der Waals surface area contributed by atoms with Crippen molar-refractivity contribution in [2.45, 2.75) is 25.3 Å². The monoisotopic (exact) mass is 281 g/mol. The van der Waals surface area contributed by atoms with E-state index in [0.29, 0.717) is 11.5 Å². The van der Waals surface area contributed by atoms with Crippen LogP contribution in [0.5, 0.6) is 5.75 Å². The van der Waals surface area contributed by atoms with Crippen molar-refractivity contribution in [3.8, 4) is 5.75 Å². The smallest absolute Gasteiger partial charge is 0.330 e. The summed E-state index contributed by atoms with van der Waals surface area (Å²) in [4.78, 5) is 12.1. The van der Waals surface area contributed by atoms with E-state index in [2.05, 4.69) is 5.32 Å². The molecule has 4 nitrogen and oxygen atoms in total. The summed E-state index contributed by atoms with van der Waals surface area (Å²) in [5.41, 5.74) is -0.520. The fourth-order valence-corrected chi connectivity index (χ4v) is 2.14. The van der Waals surface area contributed by atoms with E-state index in [9.17, 15) is 9.18 Å². The molecule has 0 heterocycles. The van der Waals surface area contributed by atoms with E-state index in [4.69, 9.17) is 9.47 Å². The van der Waals surface area contributed by atoms with Gasteiger partial charge in [0.15, 0.2) is 11.6 Å². The second-order valence-corrected chi connectivity index (χ2v) is 5.29. The Morgan fingerprint density at radius 1 is 1.45 bits per heavy atom. The average Bonchev–Trinajstić information content (AvgIpc) is 3.27. The van der Waals surface area contributed by atoms with E-state index in [0.717, 1.165) is 6.54 Å². The largest absolute Gasteiger partial charge is 0.494 e. The van der Waals surface area contributed by atoms with Crippen molar-refractivity contribution in [2.75, 3.05) is 20.8 Å². The van der Waals surface area contributed by atoms with Gasteiger partial charge >= 0.3 is 5.97 Å². The Bertz CT molecular complexity index is 502. The number of carbonyl (C=O) groups is 1. The number of nitrogens with one attached hydrogen (secondary N) is 1. The average molecular weight is 281 g/mol. The molecule has 0 saturated heterocycles. The Kier molecular flexibility index (Phi) is 4.28. The van der Waals surface area contributed by atoms with Crippen molar-refractivity contribution < 1.29 is 18.7 Å². The van der Waals surface area contributed by atoms with Gasteiger partial charge in [-0.1, -0.05) is 6.07 Å². The topological polar surface area (TPSA) is 47.6 Å². The zero-order valence-corrected chi connectivity index (χ0v) is 12.0. The van der Waals surface area contributed by atoms with Gasteiger partial charge in [0.05, 0.1) is 14.2 Å². The van der Waals surface area contributed by atoms with E-state index in [1.54, 1.807) is 13.0 Å². The highest BCUT2D eigenvalue weighted by Crippen LogP contribution is 2.31. The maximum Gasteiger partial charge on any atom is 0.330 e. The summed E-state index contributed by atoms with van der Waals surface area (Å²) >= 11 is 0. The van der Waals surface area contributed by atoms with Crippen LogP contribution in [0.3, 0.4) is 0 Å². The van der Waals surface area contributed by atoms with Crippen molar-refractivity contribution in [2.24, 2.45) is 5.92 Å². The van der Waals surface area contributed by atoms with Gasteiger partial charge in [-0.25, -0.2) is 9.18 Å². The van der Waals surface area contributed by atoms with Gasteiger partial charge in [-0.15, -0.1) is 0 Å². The van der Waals surface area contributed by atoms with Crippen LogP contribution in [0.1, 0.15) is 25.3 Å². The molecule has 0 amide bonds. The molecule has 0 aromatic heterocycles. The number of benzene rings is 1. The first kappa shape index (κ1) is 14.8. The van der Waals surface area contributed by atoms with Crippen LogP contribution in [-0.4, -0.2) is 26.7 Å². The van der Waals surface area contributed by atoms with Gasteiger partial charge in [0.25, 0.3) is 0 Å². The fraction of sp³-hybridized carbons (Fsp3) is 0.533. The van der Waals surface area contributed by atoms with E-state index >= 15 is 0 Å². The highest BCUT2D eigenvalue weighted by molar-refractivity contribution is 5.82. The number of halogens is 1. The van der Waals surface area contributed by atoms with E-state index in [1.807, 2.05) is 0 Å². The molecule has 1 saturated carbocycles. The number of hydrogen-bond acceptors (Lipinski definition) is 4. The molecule has 110 valence electrons. The minimum Gasteiger partial charge on any atom is -0.494 e. The number of carbonyl (C=O) groups excluding carboxylic acids is 1. The summed E-state index contributed by atoms with van der Waals surface area (Å²) in [5, 5.41) is 3.21. The van der Waals surface area contributed by atoms with Crippen LogP contribution in [0.15, 0.2) is 18.2 Å². The third-order valence-corrected chi connectivity index (χ3v) is 3.76. The molecule has 2 rings (SSSR count). The summed E-state index contributed by atoms with van der Waals surface area (Å²) in [6.07, 6.45) is 2.34. The third kappa shape index (κ3) is 2.93. The molecule has 0 radical (unpaired) electrons. The standard InChI is InChI=1S/C15H20FNO3/c1-15(14(18)20-3,17-9-10-4-5-10)11-6-7-13(19-2)12(16)8-11/h6-8,10,17H,4-5,9H2,1-3H3. The Labute approximate surface area is 118 Å². The van der Waals surface area contributed by atoms with Gasteiger partial charge in [-0.3, -0.25) is 5.32 Å². The number of methoxy groups -OCH3 is 2. The molecule has 1 aromatic rings. The summed E-state index contributed by atoms with van der Waals surface area (Å²) < 4.78 is 23.6. The summed E-state index contributed by atoms with van der Waals surface area (Å²) in [7, 11) is 2.74.